The maximum absolute atomic E-state index is 13.8. The lowest BCUT2D eigenvalue weighted by molar-refractivity contribution is -0.404. The number of hydrogen-bond acceptors (Lipinski definition) is 62. The average Bonchev–Trinajstić information content (AvgIpc) is 0.754. The van der Waals surface area contributed by atoms with Crippen molar-refractivity contribution in [1.29, 1.82) is 0 Å². The Kier molecular flexibility index (Phi) is 43.7. The number of carbonyl (C=O) groups is 4. The van der Waals surface area contributed by atoms with Crippen LogP contribution in [0.2, 0.25) is 0 Å². The summed E-state index contributed by atoms with van der Waals surface area (Å²) in [4.78, 5) is 53.6. The van der Waals surface area contributed by atoms with Gasteiger partial charge in [0.25, 0.3) is 0 Å². The van der Waals surface area contributed by atoms with E-state index in [0.29, 0.717) is 0 Å². The third-order valence-electron chi connectivity index (χ3n) is 27.0. The predicted molar refractivity (Wildman–Crippen MR) is 458 cm³/mol. The van der Waals surface area contributed by atoms with Gasteiger partial charge in [0, 0.05) is 27.7 Å². The summed E-state index contributed by atoms with van der Waals surface area (Å²) in [6.07, 6.45) is -127. The lowest BCUT2D eigenvalue weighted by Gasteiger charge is -2.52. The van der Waals surface area contributed by atoms with E-state index in [1.54, 1.807) is 0 Å². The maximum atomic E-state index is 13.8. The zero-order valence-corrected chi connectivity index (χ0v) is 81.8. The van der Waals surface area contributed by atoms with Gasteiger partial charge in [-0.3, -0.25) is 28.3 Å². The largest absolute Gasteiger partial charge is 0.397 e. The van der Waals surface area contributed by atoms with E-state index in [4.69, 9.17) is 117 Å². The highest BCUT2D eigenvalue weighted by molar-refractivity contribution is 7.81. The Balaban J connectivity index is 0.947. The molecule has 0 unspecified atom stereocenters. The number of amides is 4. The van der Waals surface area contributed by atoms with Crippen LogP contribution in [0.4, 0.5) is 0 Å². The molecule has 12 rings (SSSR count). The standard InChI is InChI=1S/C80H134N4O64S2/c1-17-37(94)47(104)54(111)73(128-17)124-14-30-61(45(102)33(69(117)131-30)81-20(4)90)140-70-34(82-21(5)91)46(103)60(28(12-89)136-70)141-78-59(116)66(146-80-68(53(110)43(100)27(11-88)135-80)148-72-36(84-23(7)93)65(145-75-56(113)49(106)39(96)19(3)130-75)63(32(139-72)16-127-150(121,122)123)143-77-58(115)51(108)41(98)25(9-86)133-77)44(101)29(137-78)13-125-79-67(52(109)42(99)26(10-87)134-79)147-71-35(83-22(6)92)64(144-74-55(112)48(105)38(95)18(2)129-74)62(31(138-71)15-126-149(118,119)120)142-76-57(114)50(107)40(97)24(8-85)132-76/h17-19,24-80,85-89,94-117H,8-16H2,1-7H3,(H,81,90)(H,82,91)(H,83,92)(H,84,93)(H,118,119,120)(H,121,122,123)/t17-,18-,19-,24+,25+,26+,27+,28+,29+,30+,31+,32+,33+,34+,35+,36+,37+,38+,39+,40-,41-,42+,43+,44+,45+,46+,47+,48+,49+,50-,51-,52-,53-,54-,55-,56-,57+,58+,59-,60+,61+,62+,63+,64+,65+,66-,67-,68-,69+,70-,71-,72-,73+,74-,75-,76-,77-,78-,79-,80+/m0/s1. The summed E-state index contributed by atoms with van der Waals surface area (Å²) in [5.74, 6) is -4.35. The molecular weight excluding hydrogens is 2100 g/mol. The molecule has 12 fully saturated rings. The van der Waals surface area contributed by atoms with Gasteiger partial charge in [0.05, 0.1) is 77.8 Å². The minimum atomic E-state index is -5.72. The van der Waals surface area contributed by atoms with E-state index in [2.05, 4.69) is 21.3 Å². The van der Waals surface area contributed by atoms with Gasteiger partial charge in [-0.2, -0.15) is 16.8 Å². The topological polar surface area (TPSA) is 1040 Å². The van der Waals surface area contributed by atoms with Crippen LogP contribution in [0, 0.1) is 0 Å². The quantitative estimate of drug-likeness (QED) is 0.0254. The first-order chi connectivity index (χ1) is 70.4. The molecular formula is C80H134N4O64S2. The Morgan fingerprint density at radius 1 is 0.220 bits per heavy atom. The fourth-order valence-corrected chi connectivity index (χ4v) is 19.5. The Hall–Kier alpha value is -4.46. The molecule has 150 heavy (non-hydrogen) atoms. The van der Waals surface area contributed by atoms with Crippen molar-refractivity contribution >= 4 is 44.4 Å². The van der Waals surface area contributed by atoms with Crippen LogP contribution < -0.4 is 21.3 Å². The van der Waals surface area contributed by atoms with E-state index in [1.807, 2.05) is 0 Å². The SMILES string of the molecule is CC(=O)N[C@@H]1[C@@H](O)[C@H](O[C@@H]2O[C@H](CO)[C@@H](O[C@@H]3O[C@H](CO[C@H]4O[C@H](CO)[C@@H](O)[C@H](O)[C@@H]4O[C@@H]4O[C@H](COS(=O)(=O)O)[C@@H](O[C@@H]5O[C@H](CO)[C@H](O)[C@H](O)[C@H]5O)[C@H](O[C@@H]5O[C@@H](C)[C@@H](O)[C@@H](O)[C@@H]5O)[C@H]4NC(C)=O)[C@@H](O)[C@H](O[C@H]4O[C@H](CO)[C@@H](O)[C@H](O)[C@@H]4O[C@@H]4O[C@H](COS(=O)(=O)O)[C@@H](O[C@@H]5O[C@H](CO)[C@H](O)[C@H](O)[C@H]5O)[C@H](O[C@@H]5O[C@@H](C)[C@@H](O)[C@@H](O)[C@@H]5O)[C@H]4NC(C)=O)[C@@H]3O)[C@H](O)[C@H]2NC(C)=O)[C@@H](CO[C@@H]2O[C@@H](C)[C@@H](O)[C@@H](O)[C@@H]2O)O[C@H]1O. The van der Waals surface area contributed by atoms with Gasteiger partial charge in [-0.15, -0.1) is 0 Å². The molecule has 0 aliphatic carbocycles. The number of ether oxygens (including phenoxy) is 23. The van der Waals surface area contributed by atoms with Crippen molar-refractivity contribution in [3.05, 3.63) is 0 Å². The summed E-state index contributed by atoms with van der Waals surface area (Å²) < 4.78 is 219. The lowest BCUT2D eigenvalue weighted by Crippen LogP contribution is -2.71. The molecule has 0 aromatic carbocycles. The normalized spacial score (nSPS) is 49.1. The van der Waals surface area contributed by atoms with Gasteiger partial charge in [0.15, 0.2) is 75.5 Å². The van der Waals surface area contributed by atoms with Gasteiger partial charge in [0.1, 0.15) is 274 Å². The molecule has 12 heterocycles. The molecule has 12 saturated heterocycles. The number of carbonyl (C=O) groups excluding carboxylic acids is 4. The smallest absolute Gasteiger partial charge is 0.394 e. The van der Waals surface area contributed by atoms with Crippen molar-refractivity contribution in [1.82, 2.24) is 21.3 Å². The van der Waals surface area contributed by atoms with Gasteiger partial charge < -0.3 is 278 Å². The van der Waals surface area contributed by atoms with Crippen molar-refractivity contribution in [2.75, 3.05) is 59.5 Å². The summed E-state index contributed by atoms with van der Waals surface area (Å²) >= 11 is 0. The van der Waals surface area contributed by atoms with E-state index < -0.39 is 472 Å². The number of rotatable bonds is 39. The van der Waals surface area contributed by atoms with Crippen LogP contribution >= 0.6 is 0 Å². The second-order valence-electron chi connectivity index (χ2n) is 37.6. The highest BCUT2D eigenvalue weighted by Crippen LogP contribution is 2.44. The van der Waals surface area contributed by atoms with Crippen LogP contribution in [0.3, 0.4) is 0 Å². The molecule has 0 bridgehead atoms. The Morgan fingerprint density at radius 3 is 0.887 bits per heavy atom. The number of aliphatic hydroxyl groups excluding tert-OH is 29. The molecule has 0 aromatic heterocycles. The molecule has 4 amide bonds. The third-order valence-corrected chi connectivity index (χ3v) is 27.8. The van der Waals surface area contributed by atoms with E-state index >= 15 is 0 Å². The fraction of sp³-hybridized carbons (Fsp3) is 0.950. The second-order valence-corrected chi connectivity index (χ2v) is 39.8. The molecule has 0 aromatic rings. The van der Waals surface area contributed by atoms with E-state index in [1.165, 1.54) is 6.92 Å². The number of nitrogens with one attached hydrogen (secondary N) is 4. The van der Waals surface area contributed by atoms with Crippen LogP contribution in [0.5, 0.6) is 0 Å². The highest BCUT2D eigenvalue weighted by atomic mass is 32.3. The van der Waals surface area contributed by atoms with Gasteiger partial charge in [0.2, 0.25) is 23.6 Å². The van der Waals surface area contributed by atoms with E-state index in [0.717, 1.165) is 41.5 Å². The summed E-state index contributed by atoms with van der Waals surface area (Å²) in [5, 5.41) is 339. The Morgan fingerprint density at radius 2 is 0.480 bits per heavy atom. The van der Waals surface area contributed by atoms with Crippen molar-refractivity contribution < 1.29 is 311 Å². The average molecular weight is 2240 g/mol. The number of aliphatic hydroxyl groups is 29. The van der Waals surface area contributed by atoms with Crippen LogP contribution in [-0.2, 0) is 157 Å². The van der Waals surface area contributed by atoms with Crippen molar-refractivity contribution in [2.45, 2.75) is 417 Å². The first-order valence-electron chi connectivity index (χ1n) is 47.0. The molecule has 0 spiro atoms. The monoisotopic (exact) mass is 2240 g/mol. The zero-order valence-electron chi connectivity index (χ0n) is 80.2. The molecule has 70 heteroatoms. The van der Waals surface area contributed by atoms with Crippen molar-refractivity contribution in [3.63, 3.8) is 0 Å². The van der Waals surface area contributed by atoms with Gasteiger partial charge in [-0.1, -0.05) is 0 Å². The Bertz CT molecular complexity index is 4510. The first-order valence-corrected chi connectivity index (χ1v) is 49.8. The van der Waals surface area contributed by atoms with Crippen molar-refractivity contribution in [2.24, 2.45) is 0 Å². The molecule has 0 saturated carbocycles. The fourth-order valence-electron chi connectivity index (χ4n) is 18.9. The third kappa shape index (κ3) is 28.6. The highest BCUT2D eigenvalue weighted by Gasteiger charge is 2.65. The molecule has 870 valence electrons. The van der Waals surface area contributed by atoms with E-state index in [9.17, 15) is 193 Å². The maximum Gasteiger partial charge on any atom is 0.397 e. The van der Waals surface area contributed by atoms with E-state index in [-0.39, 0.29) is 0 Å². The predicted octanol–water partition coefficient (Wildman–Crippen LogP) is -23.8. The first kappa shape index (κ1) is 124. The Labute approximate surface area is 849 Å². The van der Waals surface area contributed by atoms with Gasteiger partial charge in [-0.25, -0.2) is 8.37 Å². The minimum Gasteiger partial charge on any atom is -0.394 e. The lowest BCUT2D eigenvalue weighted by atomic mass is 9.93. The van der Waals surface area contributed by atoms with Gasteiger partial charge in [-0.05, 0) is 20.8 Å². The summed E-state index contributed by atoms with van der Waals surface area (Å²) in [6.45, 7) is -5.01. The molecule has 0 radical (unpaired) electrons. The van der Waals surface area contributed by atoms with Crippen LogP contribution in [0.1, 0.15) is 48.5 Å². The zero-order chi connectivity index (χ0) is 111. The van der Waals surface area contributed by atoms with Crippen molar-refractivity contribution in [3.8, 4) is 0 Å². The molecule has 12 aliphatic rings. The van der Waals surface area contributed by atoms with Crippen LogP contribution in [0.15, 0.2) is 0 Å². The summed E-state index contributed by atoms with van der Waals surface area (Å²) in [7, 11) is -11.4. The number of hydrogen-bond donors (Lipinski definition) is 35. The molecule has 60 atom stereocenters. The molecule has 35 N–H and O–H groups in total. The summed E-state index contributed by atoms with van der Waals surface area (Å²) in [5.41, 5.74) is 0. The summed E-state index contributed by atoms with van der Waals surface area (Å²) in [6, 6.07) is -8.62. The van der Waals surface area contributed by atoms with Crippen LogP contribution in [0.25, 0.3) is 0 Å². The minimum absolute atomic E-state index is 0.792. The molecule has 68 nitrogen and oxygen atoms in total. The molecule has 12 aliphatic heterocycles. The van der Waals surface area contributed by atoms with Crippen LogP contribution in [-0.4, -0.2) is 625 Å². The van der Waals surface area contributed by atoms with Gasteiger partial charge >= 0.3 is 20.8 Å². The second kappa shape index (κ2) is 52.8.